The second-order valence-electron chi connectivity index (χ2n) is 4.11. The molecule has 0 bridgehead atoms. The zero-order valence-electron chi connectivity index (χ0n) is 10.1. The van der Waals surface area contributed by atoms with Crippen molar-refractivity contribution < 1.29 is 0 Å². The number of hydrazine groups is 1. The highest BCUT2D eigenvalue weighted by atomic mass is 15.3. The lowest BCUT2D eigenvalue weighted by Crippen LogP contribution is -2.12. The summed E-state index contributed by atoms with van der Waals surface area (Å²) in [5.41, 5.74) is 5.40. The highest BCUT2D eigenvalue weighted by Crippen LogP contribution is 2.17. The molecule has 0 saturated heterocycles. The van der Waals surface area contributed by atoms with E-state index in [1.165, 1.54) is 12.8 Å². The predicted octanol–water partition coefficient (Wildman–Crippen LogP) is 2.65. The normalized spacial score (nSPS) is 10.7. The number of rotatable bonds is 5. The third-order valence-corrected chi connectivity index (χ3v) is 2.80. The highest BCUT2D eigenvalue weighted by Gasteiger charge is 2.06. The van der Waals surface area contributed by atoms with E-state index in [4.69, 9.17) is 5.84 Å². The lowest BCUT2D eigenvalue weighted by Gasteiger charge is -2.08. The van der Waals surface area contributed by atoms with Crippen molar-refractivity contribution in [2.45, 2.75) is 32.6 Å². The zero-order chi connectivity index (χ0) is 12.1. The minimum absolute atomic E-state index is 0.694. The van der Waals surface area contributed by atoms with Gasteiger partial charge in [-0.05, 0) is 25.0 Å². The van der Waals surface area contributed by atoms with E-state index in [9.17, 15) is 0 Å². The number of aryl methyl sites for hydroxylation is 1. The molecule has 1 aromatic heterocycles. The Hall–Kier alpha value is -1.68. The average Bonchev–Trinajstić information content (AvgIpc) is 2.38. The summed E-state index contributed by atoms with van der Waals surface area (Å²) >= 11 is 0. The molecular formula is C13H18N4. The number of unbranched alkanes of at least 4 members (excludes halogenated alkanes) is 2. The Bertz CT molecular complexity index is 496. The third-order valence-electron chi connectivity index (χ3n) is 2.80. The molecule has 3 N–H and O–H groups in total. The molecule has 1 aromatic carbocycles. The molecule has 4 nitrogen and oxygen atoms in total. The van der Waals surface area contributed by atoms with E-state index in [1.54, 1.807) is 0 Å². The van der Waals surface area contributed by atoms with Crippen LogP contribution in [0.15, 0.2) is 24.3 Å². The minimum atomic E-state index is 0.694. The van der Waals surface area contributed by atoms with Crippen LogP contribution >= 0.6 is 0 Å². The standard InChI is InChI=1S/C13H18N4/c1-2-3-4-9-12-13(17-14)16-11-8-6-5-7-10(11)15-12/h5-8H,2-4,9,14H2,1H3,(H,16,17). The molecule has 2 rings (SSSR count). The number of nitrogens with zero attached hydrogens (tertiary/aromatic N) is 2. The predicted molar refractivity (Wildman–Crippen MR) is 70.6 cm³/mol. The van der Waals surface area contributed by atoms with Gasteiger partial charge in [0.05, 0.1) is 16.7 Å². The summed E-state index contributed by atoms with van der Waals surface area (Å²) in [6.45, 7) is 2.19. The summed E-state index contributed by atoms with van der Waals surface area (Å²) in [6, 6.07) is 7.85. The maximum absolute atomic E-state index is 5.49. The van der Waals surface area contributed by atoms with Crippen LogP contribution in [0.1, 0.15) is 31.9 Å². The van der Waals surface area contributed by atoms with E-state index in [0.29, 0.717) is 5.82 Å². The number of anilines is 1. The molecule has 17 heavy (non-hydrogen) atoms. The molecule has 0 spiro atoms. The third kappa shape index (κ3) is 2.71. The van der Waals surface area contributed by atoms with E-state index < -0.39 is 0 Å². The van der Waals surface area contributed by atoms with Crippen molar-refractivity contribution in [2.75, 3.05) is 5.43 Å². The first-order valence-electron chi connectivity index (χ1n) is 6.07. The molecule has 0 fully saturated rings. The Kier molecular flexibility index (Phi) is 3.88. The van der Waals surface area contributed by atoms with Crippen molar-refractivity contribution in [3.8, 4) is 0 Å². The number of hydrogen-bond acceptors (Lipinski definition) is 4. The second-order valence-corrected chi connectivity index (χ2v) is 4.11. The Morgan fingerprint density at radius 2 is 1.82 bits per heavy atom. The van der Waals surface area contributed by atoms with E-state index in [1.807, 2.05) is 24.3 Å². The van der Waals surface area contributed by atoms with Gasteiger partial charge in [0.2, 0.25) is 0 Å². The molecule has 90 valence electrons. The molecule has 0 aliphatic carbocycles. The van der Waals surface area contributed by atoms with Crippen molar-refractivity contribution in [1.82, 2.24) is 9.97 Å². The topological polar surface area (TPSA) is 63.8 Å². The Morgan fingerprint density at radius 1 is 1.12 bits per heavy atom. The van der Waals surface area contributed by atoms with Crippen LogP contribution in [-0.4, -0.2) is 9.97 Å². The minimum Gasteiger partial charge on any atom is -0.307 e. The number of nitrogens with one attached hydrogen (secondary N) is 1. The number of para-hydroxylation sites is 2. The monoisotopic (exact) mass is 230 g/mol. The molecule has 0 saturated carbocycles. The summed E-state index contributed by atoms with van der Waals surface area (Å²) in [5, 5.41) is 0. The number of nitrogen functional groups attached to an aromatic ring is 1. The molecule has 0 unspecified atom stereocenters. The number of nitrogens with two attached hydrogens (primary N) is 1. The molecule has 0 aliphatic heterocycles. The van der Waals surface area contributed by atoms with Crippen LogP contribution in [0.4, 0.5) is 5.82 Å². The van der Waals surface area contributed by atoms with Gasteiger partial charge in [0.1, 0.15) is 0 Å². The van der Waals surface area contributed by atoms with Crippen LogP contribution in [0.3, 0.4) is 0 Å². The van der Waals surface area contributed by atoms with Crippen molar-refractivity contribution in [2.24, 2.45) is 5.84 Å². The fourth-order valence-corrected chi connectivity index (χ4v) is 1.87. The van der Waals surface area contributed by atoms with Gasteiger partial charge in [-0.25, -0.2) is 15.8 Å². The van der Waals surface area contributed by atoms with E-state index in [-0.39, 0.29) is 0 Å². The van der Waals surface area contributed by atoms with Gasteiger partial charge in [-0.1, -0.05) is 31.9 Å². The molecular weight excluding hydrogens is 212 g/mol. The van der Waals surface area contributed by atoms with Crippen LogP contribution in [-0.2, 0) is 6.42 Å². The van der Waals surface area contributed by atoms with Gasteiger partial charge in [0.25, 0.3) is 0 Å². The van der Waals surface area contributed by atoms with Gasteiger partial charge < -0.3 is 5.43 Å². The van der Waals surface area contributed by atoms with Crippen molar-refractivity contribution >= 4 is 16.9 Å². The fourth-order valence-electron chi connectivity index (χ4n) is 1.87. The molecule has 0 atom stereocenters. The molecule has 0 aliphatic rings. The Balaban J connectivity index is 2.32. The smallest absolute Gasteiger partial charge is 0.162 e. The number of hydrogen-bond donors (Lipinski definition) is 2. The van der Waals surface area contributed by atoms with Gasteiger partial charge in [0, 0.05) is 0 Å². The SMILES string of the molecule is CCCCCc1nc2ccccc2nc1NN. The number of fused-ring (bicyclic) bond motifs is 1. The molecule has 1 heterocycles. The summed E-state index contributed by atoms with van der Waals surface area (Å²) in [7, 11) is 0. The van der Waals surface area contributed by atoms with Gasteiger partial charge in [-0.15, -0.1) is 0 Å². The van der Waals surface area contributed by atoms with Crippen molar-refractivity contribution in [1.29, 1.82) is 0 Å². The van der Waals surface area contributed by atoms with Gasteiger partial charge >= 0.3 is 0 Å². The average molecular weight is 230 g/mol. The fraction of sp³-hybridized carbons (Fsp3) is 0.385. The summed E-state index contributed by atoms with van der Waals surface area (Å²) in [5.74, 6) is 6.19. The van der Waals surface area contributed by atoms with Gasteiger partial charge in [-0.2, -0.15) is 0 Å². The van der Waals surface area contributed by atoms with Crippen LogP contribution < -0.4 is 11.3 Å². The van der Waals surface area contributed by atoms with Crippen LogP contribution in [0.2, 0.25) is 0 Å². The first-order valence-corrected chi connectivity index (χ1v) is 6.07. The summed E-state index contributed by atoms with van der Waals surface area (Å²) in [4.78, 5) is 9.09. The highest BCUT2D eigenvalue weighted by molar-refractivity contribution is 5.76. The van der Waals surface area contributed by atoms with Crippen LogP contribution in [0.25, 0.3) is 11.0 Å². The van der Waals surface area contributed by atoms with Crippen LogP contribution in [0.5, 0.6) is 0 Å². The maximum Gasteiger partial charge on any atom is 0.162 e. The quantitative estimate of drug-likeness (QED) is 0.471. The first kappa shape index (κ1) is 11.8. The molecule has 2 aromatic rings. The lowest BCUT2D eigenvalue weighted by atomic mass is 10.1. The summed E-state index contributed by atoms with van der Waals surface area (Å²) < 4.78 is 0. The number of aromatic nitrogens is 2. The number of benzene rings is 1. The largest absolute Gasteiger partial charge is 0.307 e. The van der Waals surface area contributed by atoms with Crippen molar-refractivity contribution in [3.63, 3.8) is 0 Å². The van der Waals surface area contributed by atoms with E-state index in [2.05, 4.69) is 22.3 Å². The van der Waals surface area contributed by atoms with Gasteiger partial charge in [0.15, 0.2) is 5.82 Å². The molecule has 0 radical (unpaired) electrons. The second kappa shape index (κ2) is 5.59. The zero-order valence-corrected chi connectivity index (χ0v) is 10.1. The molecule has 4 heteroatoms. The van der Waals surface area contributed by atoms with Crippen LogP contribution in [0, 0.1) is 0 Å². The summed E-state index contributed by atoms with van der Waals surface area (Å²) in [6.07, 6.45) is 4.45. The van der Waals surface area contributed by atoms with E-state index >= 15 is 0 Å². The van der Waals surface area contributed by atoms with Gasteiger partial charge in [-0.3, -0.25) is 0 Å². The Labute approximate surface area is 101 Å². The molecule has 0 amide bonds. The van der Waals surface area contributed by atoms with E-state index in [0.717, 1.165) is 29.6 Å². The lowest BCUT2D eigenvalue weighted by molar-refractivity contribution is 0.708. The van der Waals surface area contributed by atoms with Crippen molar-refractivity contribution in [3.05, 3.63) is 30.0 Å². The maximum atomic E-state index is 5.49. The first-order chi connectivity index (χ1) is 8.35. The Morgan fingerprint density at radius 3 is 2.47 bits per heavy atom.